The fourth-order valence-corrected chi connectivity index (χ4v) is 3.61. The predicted octanol–water partition coefficient (Wildman–Crippen LogP) is 3.87. The molecule has 0 N–H and O–H groups in total. The van der Waals surface area contributed by atoms with E-state index in [2.05, 4.69) is 4.90 Å². The van der Waals surface area contributed by atoms with Gasteiger partial charge in [0.15, 0.2) is 5.11 Å². The molecule has 6 heteroatoms. The summed E-state index contributed by atoms with van der Waals surface area (Å²) in [5.41, 5.74) is 0.693. The Labute approximate surface area is 133 Å². The first-order valence-electron chi connectivity index (χ1n) is 6.66. The van der Waals surface area contributed by atoms with Crippen LogP contribution in [-0.4, -0.2) is 28.5 Å². The van der Waals surface area contributed by atoms with Gasteiger partial charge in [0.05, 0.1) is 15.7 Å². The van der Waals surface area contributed by atoms with Crippen LogP contribution in [0.3, 0.4) is 0 Å². The van der Waals surface area contributed by atoms with Gasteiger partial charge in [-0.1, -0.05) is 23.2 Å². The first kappa shape index (κ1) is 14.1. The average Bonchev–Trinajstić information content (AvgIpc) is 2.43. The van der Waals surface area contributed by atoms with Crippen molar-refractivity contribution in [1.29, 1.82) is 0 Å². The molecule has 106 valence electrons. The molecule has 2 saturated heterocycles. The second kappa shape index (κ2) is 5.51. The van der Waals surface area contributed by atoms with E-state index in [1.807, 2.05) is 0 Å². The molecule has 0 aromatic heterocycles. The van der Waals surface area contributed by atoms with Crippen molar-refractivity contribution >= 4 is 52.1 Å². The van der Waals surface area contributed by atoms with Crippen LogP contribution in [0.15, 0.2) is 18.2 Å². The molecule has 1 aromatic rings. The lowest BCUT2D eigenvalue weighted by molar-refractivity contribution is -0.120. The monoisotopic (exact) mass is 328 g/mol. The molecule has 2 aliphatic rings. The van der Waals surface area contributed by atoms with E-state index >= 15 is 0 Å². The van der Waals surface area contributed by atoms with Crippen molar-refractivity contribution in [3.63, 3.8) is 0 Å². The van der Waals surface area contributed by atoms with E-state index in [1.165, 1.54) is 6.42 Å². The fraction of sp³-hybridized carbons (Fsp3) is 0.429. The van der Waals surface area contributed by atoms with E-state index in [0.717, 1.165) is 19.4 Å². The highest BCUT2D eigenvalue weighted by Gasteiger charge is 2.37. The van der Waals surface area contributed by atoms with Crippen molar-refractivity contribution in [3.05, 3.63) is 28.2 Å². The lowest BCUT2D eigenvalue weighted by Gasteiger charge is -2.45. The Hall–Kier alpha value is -0.840. The largest absolute Gasteiger partial charge is 0.345 e. The van der Waals surface area contributed by atoms with E-state index in [9.17, 15) is 4.79 Å². The number of nitrogens with zero attached hydrogens (tertiary/aromatic N) is 2. The maximum absolute atomic E-state index is 12.4. The van der Waals surface area contributed by atoms with Gasteiger partial charge in [0.1, 0.15) is 0 Å². The number of amides is 1. The lowest BCUT2D eigenvalue weighted by Crippen LogP contribution is -2.58. The van der Waals surface area contributed by atoms with E-state index < -0.39 is 0 Å². The molecule has 0 aliphatic carbocycles. The van der Waals surface area contributed by atoms with E-state index in [0.29, 0.717) is 27.3 Å². The Kier molecular flexibility index (Phi) is 3.89. The van der Waals surface area contributed by atoms with Crippen molar-refractivity contribution in [2.75, 3.05) is 11.4 Å². The summed E-state index contributed by atoms with van der Waals surface area (Å²) in [5, 5.41) is 1.49. The maximum atomic E-state index is 12.4. The summed E-state index contributed by atoms with van der Waals surface area (Å²) in [5.74, 6) is 0.0385. The van der Waals surface area contributed by atoms with Gasteiger partial charge in [0.2, 0.25) is 5.91 Å². The van der Waals surface area contributed by atoms with Gasteiger partial charge in [-0.25, -0.2) is 0 Å². The standard InChI is InChI=1S/C14H14Cl2N2OS/c15-11-5-4-10(7-12(11)16)18-13(19)8-9-3-1-2-6-17(9)14(18)20/h4-5,7,9H,1-3,6,8H2. The average molecular weight is 329 g/mol. The molecular weight excluding hydrogens is 315 g/mol. The number of anilines is 1. The fourth-order valence-electron chi connectivity index (χ4n) is 2.87. The van der Waals surface area contributed by atoms with Crippen molar-refractivity contribution in [2.45, 2.75) is 31.7 Å². The van der Waals surface area contributed by atoms with E-state index in [4.69, 9.17) is 35.4 Å². The molecule has 20 heavy (non-hydrogen) atoms. The molecule has 1 unspecified atom stereocenters. The Morgan fingerprint density at radius 1 is 1.20 bits per heavy atom. The number of fused-ring (bicyclic) bond motifs is 1. The third-order valence-corrected chi connectivity index (χ3v) is 5.04. The zero-order valence-electron chi connectivity index (χ0n) is 10.8. The highest BCUT2D eigenvalue weighted by molar-refractivity contribution is 7.80. The van der Waals surface area contributed by atoms with Crippen LogP contribution >= 0.6 is 35.4 Å². The Bertz CT molecular complexity index is 578. The number of hydrogen-bond donors (Lipinski definition) is 0. The van der Waals surface area contributed by atoms with Crippen LogP contribution in [-0.2, 0) is 4.79 Å². The minimum atomic E-state index is 0.0385. The third kappa shape index (κ3) is 2.41. The van der Waals surface area contributed by atoms with Crippen molar-refractivity contribution in [2.24, 2.45) is 0 Å². The number of carbonyl (C=O) groups is 1. The zero-order valence-corrected chi connectivity index (χ0v) is 13.1. The number of halogens is 2. The van der Waals surface area contributed by atoms with E-state index in [1.54, 1.807) is 23.1 Å². The number of thiocarbonyl (C=S) groups is 1. The summed E-state index contributed by atoms with van der Waals surface area (Å²) in [6.07, 6.45) is 3.85. The number of piperidine rings is 1. The van der Waals surface area contributed by atoms with Gasteiger partial charge in [0, 0.05) is 19.0 Å². The van der Waals surface area contributed by atoms with Crippen LogP contribution in [0, 0.1) is 0 Å². The molecular formula is C14H14Cl2N2OS. The van der Waals surface area contributed by atoms with Gasteiger partial charge < -0.3 is 4.90 Å². The summed E-state index contributed by atoms with van der Waals surface area (Å²) in [7, 11) is 0. The first-order chi connectivity index (χ1) is 9.58. The molecule has 3 rings (SSSR count). The van der Waals surface area contributed by atoms with Crippen LogP contribution in [0.4, 0.5) is 5.69 Å². The van der Waals surface area contributed by atoms with Gasteiger partial charge >= 0.3 is 0 Å². The Balaban J connectivity index is 1.93. The van der Waals surface area contributed by atoms with Gasteiger partial charge in [-0.3, -0.25) is 9.69 Å². The smallest absolute Gasteiger partial charge is 0.235 e. The summed E-state index contributed by atoms with van der Waals surface area (Å²) < 4.78 is 0. The minimum absolute atomic E-state index is 0.0385. The second-order valence-corrected chi connectivity index (χ2v) is 6.34. The van der Waals surface area contributed by atoms with Gasteiger partial charge in [0.25, 0.3) is 0 Å². The Morgan fingerprint density at radius 2 is 2.00 bits per heavy atom. The topological polar surface area (TPSA) is 23.6 Å². The molecule has 3 nitrogen and oxygen atoms in total. The molecule has 1 aromatic carbocycles. The zero-order chi connectivity index (χ0) is 14.3. The van der Waals surface area contributed by atoms with Gasteiger partial charge in [-0.05, 0) is 49.7 Å². The number of hydrogen-bond acceptors (Lipinski definition) is 2. The van der Waals surface area contributed by atoms with Gasteiger partial charge in [-0.2, -0.15) is 0 Å². The van der Waals surface area contributed by atoms with Crippen LogP contribution < -0.4 is 4.90 Å². The maximum Gasteiger partial charge on any atom is 0.235 e. The minimum Gasteiger partial charge on any atom is -0.345 e. The van der Waals surface area contributed by atoms with Crippen LogP contribution in [0.2, 0.25) is 10.0 Å². The van der Waals surface area contributed by atoms with Crippen molar-refractivity contribution < 1.29 is 4.79 Å². The van der Waals surface area contributed by atoms with E-state index in [-0.39, 0.29) is 11.9 Å². The normalized spacial score (nSPS) is 23.0. The van der Waals surface area contributed by atoms with Gasteiger partial charge in [-0.15, -0.1) is 0 Å². The van der Waals surface area contributed by atoms with Crippen LogP contribution in [0.5, 0.6) is 0 Å². The summed E-state index contributed by atoms with van der Waals surface area (Å²) in [6.45, 7) is 0.925. The molecule has 2 heterocycles. The number of rotatable bonds is 1. The number of benzene rings is 1. The predicted molar refractivity (Wildman–Crippen MR) is 85.5 cm³/mol. The molecule has 0 bridgehead atoms. The highest BCUT2D eigenvalue weighted by atomic mass is 35.5. The molecule has 0 saturated carbocycles. The molecule has 2 aliphatic heterocycles. The summed E-state index contributed by atoms with van der Waals surface area (Å²) >= 11 is 17.5. The molecule has 0 radical (unpaired) electrons. The molecule has 0 spiro atoms. The van der Waals surface area contributed by atoms with Crippen LogP contribution in [0.25, 0.3) is 0 Å². The highest BCUT2D eigenvalue weighted by Crippen LogP contribution is 2.32. The van der Waals surface area contributed by atoms with Crippen molar-refractivity contribution in [3.8, 4) is 0 Å². The first-order valence-corrected chi connectivity index (χ1v) is 7.83. The molecule has 2 fully saturated rings. The summed E-state index contributed by atoms with van der Waals surface area (Å²) in [6, 6.07) is 5.43. The SMILES string of the molecule is O=C1CC2CCCCN2C(=S)N1c1ccc(Cl)c(Cl)c1. The Morgan fingerprint density at radius 3 is 2.75 bits per heavy atom. The molecule has 1 atom stereocenters. The third-order valence-electron chi connectivity index (χ3n) is 3.89. The summed E-state index contributed by atoms with van der Waals surface area (Å²) in [4.78, 5) is 16.1. The van der Waals surface area contributed by atoms with Crippen LogP contribution in [0.1, 0.15) is 25.7 Å². The quantitative estimate of drug-likeness (QED) is 0.731. The number of carbonyl (C=O) groups excluding carboxylic acids is 1. The van der Waals surface area contributed by atoms with Crippen molar-refractivity contribution in [1.82, 2.24) is 4.90 Å². The lowest BCUT2D eigenvalue weighted by atomic mass is 9.97. The second-order valence-electron chi connectivity index (χ2n) is 5.16. The molecule has 1 amide bonds.